The largest absolute Gasteiger partial charge is 0.497 e. The number of hydrogen-bond acceptors (Lipinski definition) is 7. The number of thiazole rings is 1. The number of nitrogens with zero attached hydrogens (tertiary/aromatic N) is 2. The Hall–Kier alpha value is -3.26. The van der Waals surface area contributed by atoms with Gasteiger partial charge in [-0.1, -0.05) is 18.2 Å². The molecule has 2 heterocycles. The Balaban J connectivity index is 1.52. The quantitative estimate of drug-likeness (QED) is 0.617. The van der Waals surface area contributed by atoms with Crippen molar-refractivity contribution in [3.8, 4) is 16.5 Å². The minimum absolute atomic E-state index is 0.337. The van der Waals surface area contributed by atoms with Crippen molar-refractivity contribution < 1.29 is 19.1 Å². The van der Waals surface area contributed by atoms with Crippen LogP contribution in [-0.2, 0) is 16.1 Å². The molecule has 0 unspecified atom stereocenters. The molecule has 0 fully saturated rings. The van der Waals surface area contributed by atoms with Crippen molar-refractivity contribution in [2.24, 2.45) is 0 Å². The van der Waals surface area contributed by atoms with Crippen LogP contribution in [0, 0.1) is 6.92 Å². The predicted molar refractivity (Wildman–Crippen MR) is 105 cm³/mol. The van der Waals surface area contributed by atoms with E-state index in [1.165, 1.54) is 11.3 Å². The number of benzene rings is 1. The first-order chi connectivity index (χ1) is 13.6. The van der Waals surface area contributed by atoms with Gasteiger partial charge in [0.1, 0.15) is 15.6 Å². The van der Waals surface area contributed by atoms with Crippen LogP contribution in [0.5, 0.6) is 5.75 Å². The van der Waals surface area contributed by atoms with Gasteiger partial charge in [0, 0.05) is 12.7 Å². The molecule has 8 heteroatoms. The molecule has 1 amide bonds. The molecule has 0 aliphatic rings. The molecule has 1 aromatic carbocycles. The van der Waals surface area contributed by atoms with Crippen molar-refractivity contribution >= 4 is 23.2 Å². The monoisotopic (exact) mass is 397 g/mol. The molecule has 3 aromatic rings. The first-order valence-corrected chi connectivity index (χ1v) is 9.34. The Morgan fingerprint density at radius 2 is 1.93 bits per heavy atom. The second kappa shape index (κ2) is 9.09. The van der Waals surface area contributed by atoms with E-state index in [1.54, 1.807) is 20.2 Å². The summed E-state index contributed by atoms with van der Waals surface area (Å²) in [6.07, 6.45) is 1.66. The molecule has 0 bridgehead atoms. The van der Waals surface area contributed by atoms with Crippen molar-refractivity contribution in [2.45, 2.75) is 13.5 Å². The van der Waals surface area contributed by atoms with Crippen LogP contribution in [0.25, 0.3) is 10.7 Å². The maximum Gasteiger partial charge on any atom is 0.350 e. The molecule has 0 radical (unpaired) electrons. The highest BCUT2D eigenvalue weighted by molar-refractivity contribution is 7.17. The molecule has 28 heavy (non-hydrogen) atoms. The first kappa shape index (κ1) is 19.5. The third-order valence-electron chi connectivity index (χ3n) is 3.85. The highest BCUT2D eigenvalue weighted by Gasteiger charge is 2.19. The summed E-state index contributed by atoms with van der Waals surface area (Å²) in [5.41, 5.74) is 2.15. The molecule has 0 saturated heterocycles. The van der Waals surface area contributed by atoms with Gasteiger partial charge in [0.05, 0.1) is 18.5 Å². The number of amides is 1. The van der Waals surface area contributed by atoms with Crippen molar-refractivity contribution in [3.63, 3.8) is 0 Å². The summed E-state index contributed by atoms with van der Waals surface area (Å²) < 4.78 is 10.2. The summed E-state index contributed by atoms with van der Waals surface area (Å²) in [4.78, 5) is 33.2. The number of nitrogens with one attached hydrogen (secondary N) is 1. The number of methoxy groups -OCH3 is 1. The number of pyridine rings is 1. The number of hydrogen-bond donors (Lipinski definition) is 1. The van der Waals surface area contributed by atoms with Gasteiger partial charge in [-0.25, -0.2) is 9.78 Å². The van der Waals surface area contributed by atoms with E-state index >= 15 is 0 Å². The maximum atomic E-state index is 12.3. The Morgan fingerprint density at radius 1 is 1.14 bits per heavy atom. The van der Waals surface area contributed by atoms with Crippen molar-refractivity contribution in [1.29, 1.82) is 0 Å². The zero-order valence-corrected chi connectivity index (χ0v) is 16.3. The number of esters is 1. The van der Waals surface area contributed by atoms with Gasteiger partial charge in [0.15, 0.2) is 6.61 Å². The van der Waals surface area contributed by atoms with Crippen LogP contribution in [0.3, 0.4) is 0 Å². The van der Waals surface area contributed by atoms with Crippen molar-refractivity contribution in [1.82, 2.24) is 15.3 Å². The average Bonchev–Trinajstić information content (AvgIpc) is 3.13. The van der Waals surface area contributed by atoms with Gasteiger partial charge in [-0.15, -0.1) is 11.3 Å². The Labute approximate surface area is 166 Å². The molecule has 0 aliphatic heterocycles. The number of aromatic nitrogens is 2. The summed E-state index contributed by atoms with van der Waals surface area (Å²) in [5.74, 6) is -0.206. The lowest BCUT2D eigenvalue weighted by molar-refractivity contribution is -0.124. The molecule has 2 aromatic heterocycles. The lowest BCUT2D eigenvalue weighted by atomic mass is 10.2. The molecule has 0 spiro atoms. The molecule has 7 nitrogen and oxygen atoms in total. The number of ether oxygens (including phenoxy) is 2. The van der Waals surface area contributed by atoms with Crippen LogP contribution >= 0.6 is 11.3 Å². The first-order valence-electron chi connectivity index (χ1n) is 8.52. The van der Waals surface area contributed by atoms with Gasteiger partial charge in [-0.05, 0) is 36.8 Å². The van der Waals surface area contributed by atoms with Crippen LogP contribution in [0.1, 0.15) is 20.9 Å². The summed E-state index contributed by atoms with van der Waals surface area (Å²) in [5, 5.41) is 3.34. The van der Waals surface area contributed by atoms with Crippen LogP contribution in [-0.4, -0.2) is 35.6 Å². The molecular formula is C20H19N3O4S. The highest BCUT2D eigenvalue weighted by Crippen LogP contribution is 2.26. The zero-order valence-electron chi connectivity index (χ0n) is 15.5. The minimum Gasteiger partial charge on any atom is -0.497 e. The normalized spacial score (nSPS) is 10.4. The number of carbonyl (C=O) groups excluding carboxylic acids is 2. The molecule has 3 rings (SSSR count). The van der Waals surface area contributed by atoms with Gasteiger partial charge in [0.25, 0.3) is 5.91 Å². The van der Waals surface area contributed by atoms with Gasteiger partial charge in [-0.3, -0.25) is 9.78 Å². The summed E-state index contributed by atoms with van der Waals surface area (Å²) in [6, 6.07) is 12.8. The van der Waals surface area contributed by atoms with Crippen LogP contribution < -0.4 is 10.1 Å². The number of aryl methyl sites for hydroxylation is 1. The van der Waals surface area contributed by atoms with E-state index in [1.807, 2.05) is 42.5 Å². The maximum absolute atomic E-state index is 12.3. The highest BCUT2D eigenvalue weighted by atomic mass is 32.1. The second-order valence-corrected chi connectivity index (χ2v) is 6.85. The fourth-order valence-corrected chi connectivity index (χ4v) is 3.31. The van der Waals surface area contributed by atoms with Crippen molar-refractivity contribution in [2.75, 3.05) is 13.7 Å². The zero-order chi connectivity index (χ0) is 19.9. The van der Waals surface area contributed by atoms with E-state index in [4.69, 9.17) is 9.47 Å². The van der Waals surface area contributed by atoms with Gasteiger partial charge in [-0.2, -0.15) is 0 Å². The molecule has 0 saturated carbocycles. The molecular weight excluding hydrogens is 378 g/mol. The smallest absolute Gasteiger partial charge is 0.350 e. The van der Waals surface area contributed by atoms with Crippen LogP contribution in [0.4, 0.5) is 0 Å². The van der Waals surface area contributed by atoms with Gasteiger partial charge in [0.2, 0.25) is 0 Å². The Bertz CT molecular complexity index is 955. The molecule has 1 N–H and O–H groups in total. The van der Waals surface area contributed by atoms with E-state index in [9.17, 15) is 9.59 Å². The minimum atomic E-state index is -0.572. The van der Waals surface area contributed by atoms with Crippen LogP contribution in [0.2, 0.25) is 0 Å². The lowest BCUT2D eigenvalue weighted by Crippen LogP contribution is -2.28. The topological polar surface area (TPSA) is 90.4 Å². The molecule has 0 aliphatic carbocycles. The van der Waals surface area contributed by atoms with Gasteiger partial charge >= 0.3 is 5.97 Å². The van der Waals surface area contributed by atoms with Crippen molar-refractivity contribution in [3.05, 3.63) is 64.8 Å². The number of rotatable bonds is 7. The van der Waals surface area contributed by atoms with E-state index in [0.717, 1.165) is 11.3 Å². The predicted octanol–water partition coefficient (Wildman–Crippen LogP) is 3.00. The van der Waals surface area contributed by atoms with Crippen LogP contribution in [0.15, 0.2) is 48.7 Å². The molecule has 0 atom stereocenters. The van der Waals surface area contributed by atoms with E-state index < -0.39 is 5.97 Å². The van der Waals surface area contributed by atoms with E-state index in [-0.39, 0.29) is 12.5 Å². The number of carbonyl (C=O) groups is 2. The lowest BCUT2D eigenvalue weighted by Gasteiger charge is -2.07. The SMILES string of the molecule is COc1ccc(CNC(=O)COC(=O)c2sc(-c3ccccn3)nc2C)cc1. The van der Waals surface area contributed by atoms with E-state index in [2.05, 4.69) is 15.3 Å². The Kier molecular flexibility index (Phi) is 6.33. The molecule has 144 valence electrons. The second-order valence-electron chi connectivity index (χ2n) is 5.85. The summed E-state index contributed by atoms with van der Waals surface area (Å²) in [7, 11) is 1.59. The van der Waals surface area contributed by atoms with Gasteiger partial charge < -0.3 is 14.8 Å². The van der Waals surface area contributed by atoms with E-state index in [0.29, 0.717) is 27.8 Å². The summed E-state index contributed by atoms with van der Waals surface area (Å²) >= 11 is 1.19. The standard InChI is InChI=1S/C20H19N3O4S/c1-13-18(28-19(23-13)16-5-3-4-10-21-16)20(25)27-12-17(24)22-11-14-6-8-15(26-2)9-7-14/h3-10H,11-12H2,1-2H3,(H,22,24). The fourth-order valence-electron chi connectivity index (χ4n) is 2.38. The summed E-state index contributed by atoms with van der Waals surface area (Å²) in [6.45, 7) is 1.71. The average molecular weight is 397 g/mol. The third-order valence-corrected chi connectivity index (χ3v) is 5.01. The Morgan fingerprint density at radius 3 is 2.61 bits per heavy atom. The fraction of sp³-hybridized carbons (Fsp3) is 0.200. The third kappa shape index (κ3) is 4.92.